The van der Waals surface area contributed by atoms with Crippen LogP contribution in [-0.4, -0.2) is 19.4 Å². The number of nitrogens with one attached hydrogen (secondary N) is 1. The first kappa shape index (κ1) is 16.1. The molecule has 1 aromatic rings. The third kappa shape index (κ3) is 3.35. The minimum Gasteiger partial charge on any atom is -0.258 e. The second kappa shape index (κ2) is 6.03. The maximum Gasteiger partial charge on any atom is 0.273 e. The van der Waals surface area contributed by atoms with Gasteiger partial charge in [0.05, 0.1) is 15.9 Å². The van der Waals surface area contributed by atoms with Gasteiger partial charge in [-0.15, -0.1) is 6.42 Å². The molecule has 0 heterocycles. The van der Waals surface area contributed by atoms with Crippen LogP contribution in [0.4, 0.5) is 5.69 Å². The third-order valence-electron chi connectivity index (χ3n) is 3.03. The number of nitrogens with zero attached hydrogens (tertiary/aromatic N) is 1. The van der Waals surface area contributed by atoms with Crippen LogP contribution in [0.15, 0.2) is 17.0 Å². The number of aryl methyl sites for hydroxylation is 1. The lowest BCUT2D eigenvalue weighted by molar-refractivity contribution is -0.385. The molecular weight excluding hydrogens is 280 g/mol. The van der Waals surface area contributed by atoms with Crippen LogP contribution in [0.1, 0.15) is 24.5 Å². The van der Waals surface area contributed by atoms with Gasteiger partial charge in [0.1, 0.15) is 0 Å². The maximum atomic E-state index is 12.2. The van der Waals surface area contributed by atoms with E-state index in [9.17, 15) is 18.5 Å². The van der Waals surface area contributed by atoms with E-state index in [0.29, 0.717) is 17.5 Å². The van der Waals surface area contributed by atoms with Crippen LogP contribution in [0.25, 0.3) is 0 Å². The molecule has 1 rings (SSSR count). The SMILES string of the molecule is C#CC(CC)NS(=O)(=O)c1cc(C)c(C)c([N+](=O)[O-])c1. The molecule has 0 aliphatic carbocycles. The molecule has 1 atom stereocenters. The van der Waals surface area contributed by atoms with Crippen LogP contribution in [0, 0.1) is 36.3 Å². The summed E-state index contributed by atoms with van der Waals surface area (Å²) in [7, 11) is -3.88. The van der Waals surface area contributed by atoms with Crippen molar-refractivity contribution in [3.63, 3.8) is 0 Å². The number of sulfonamides is 1. The number of hydrogen-bond acceptors (Lipinski definition) is 4. The van der Waals surface area contributed by atoms with Crippen molar-refractivity contribution in [2.24, 2.45) is 0 Å². The maximum absolute atomic E-state index is 12.2. The fraction of sp³-hybridized carbons (Fsp3) is 0.385. The lowest BCUT2D eigenvalue weighted by atomic mass is 10.1. The fourth-order valence-corrected chi connectivity index (χ4v) is 2.99. The van der Waals surface area contributed by atoms with Gasteiger partial charge in [-0.05, 0) is 31.9 Å². The lowest BCUT2D eigenvalue weighted by Gasteiger charge is -2.12. The molecule has 0 aliphatic rings. The van der Waals surface area contributed by atoms with Gasteiger partial charge in [0.15, 0.2) is 0 Å². The van der Waals surface area contributed by atoms with Crippen LogP contribution >= 0.6 is 0 Å². The standard InChI is InChI=1S/C13H16N2O4S/c1-5-11(6-2)14-20(18,19)12-7-9(3)10(4)13(8-12)15(16)17/h1,7-8,11,14H,6H2,2-4H3. The second-order valence-corrected chi connectivity index (χ2v) is 6.10. The van der Waals surface area contributed by atoms with Crippen molar-refractivity contribution >= 4 is 15.7 Å². The van der Waals surface area contributed by atoms with E-state index in [2.05, 4.69) is 10.6 Å². The number of hydrogen-bond donors (Lipinski definition) is 1. The number of nitro groups is 1. The Morgan fingerprint density at radius 1 is 1.45 bits per heavy atom. The number of rotatable bonds is 5. The highest BCUT2D eigenvalue weighted by Crippen LogP contribution is 2.25. The van der Waals surface area contributed by atoms with E-state index in [1.807, 2.05) is 0 Å². The zero-order valence-electron chi connectivity index (χ0n) is 11.5. The molecule has 0 saturated heterocycles. The summed E-state index contributed by atoms with van der Waals surface area (Å²) in [6, 6.07) is 1.81. The molecule has 0 radical (unpaired) electrons. The van der Waals surface area contributed by atoms with Crippen LogP contribution < -0.4 is 4.72 Å². The molecule has 7 heteroatoms. The van der Waals surface area contributed by atoms with Gasteiger partial charge in [0.25, 0.3) is 5.69 Å². The van der Waals surface area contributed by atoms with Gasteiger partial charge in [-0.3, -0.25) is 10.1 Å². The molecule has 0 spiro atoms. The molecule has 6 nitrogen and oxygen atoms in total. The first-order valence-electron chi connectivity index (χ1n) is 5.97. The quantitative estimate of drug-likeness (QED) is 0.510. The predicted octanol–water partition coefficient (Wildman–Crippen LogP) is 1.90. The first-order valence-corrected chi connectivity index (χ1v) is 7.45. The largest absolute Gasteiger partial charge is 0.273 e. The van der Waals surface area contributed by atoms with Crippen molar-refractivity contribution < 1.29 is 13.3 Å². The topological polar surface area (TPSA) is 89.3 Å². The Hall–Kier alpha value is -1.91. The van der Waals surface area contributed by atoms with Crippen molar-refractivity contribution in [1.29, 1.82) is 0 Å². The van der Waals surface area contributed by atoms with E-state index >= 15 is 0 Å². The summed E-state index contributed by atoms with van der Waals surface area (Å²) in [6.07, 6.45) is 5.65. The molecule has 0 fully saturated rings. The van der Waals surface area contributed by atoms with E-state index in [1.54, 1.807) is 20.8 Å². The van der Waals surface area contributed by atoms with Gasteiger partial charge in [0.2, 0.25) is 10.0 Å². The predicted molar refractivity (Wildman–Crippen MR) is 75.8 cm³/mol. The van der Waals surface area contributed by atoms with E-state index in [1.165, 1.54) is 6.07 Å². The Morgan fingerprint density at radius 3 is 2.50 bits per heavy atom. The van der Waals surface area contributed by atoms with Gasteiger partial charge >= 0.3 is 0 Å². The van der Waals surface area contributed by atoms with Gasteiger partial charge in [-0.1, -0.05) is 12.8 Å². The van der Waals surface area contributed by atoms with Gasteiger partial charge in [0, 0.05) is 11.6 Å². The summed E-state index contributed by atoms with van der Waals surface area (Å²) in [4.78, 5) is 10.2. The van der Waals surface area contributed by atoms with E-state index < -0.39 is 21.0 Å². The summed E-state index contributed by atoms with van der Waals surface area (Å²) >= 11 is 0. The van der Waals surface area contributed by atoms with E-state index in [4.69, 9.17) is 6.42 Å². The summed E-state index contributed by atoms with van der Waals surface area (Å²) in [5.41, 5.74) is 0.755. The smallest absolute Gasteiger partial charge is 0.258 e. The van der Waals surface area contributed by atoms with Crippen LogP contribution in [0.5, 0.6) is 0 Å². The molecule has 1 unspecified atom stereocenters. The Kier molecular flexibility index (Phi) is 4.87. The molecule has 0 amide bonds. The van der Waals surface area contributed by atoms with Crippen LogP contribution in [0.3, 0.4) is 0 Å². The van der Waals surface area contributed by atoms with E-state index in [-0.39, 0.29) is 10.6 Å². The van der Waals surface area contributed by atoms with Crippen molar-refractivity contribution in [2.45, 2.75) is 38.1 Å². The molecule has 108 valence electrons. The highest BCUT2D eigenvalue weighted by Gasteiger charge is 2.23. The summed E-state index contributed by atoms with van der Waals surface area (Å²) in [5, 5.41) is 10.9. The number of nitro benzene ring substituents is 1. The molecular formula is C13H16N2O4S. The van der Waals surface area contributed by atoms with E-state index in [0.717, 1.165) is 6.07 Å². The first-order chi connectivity index (χ1) is 9.22. The Labute approximate surface area is 118 Å². The Morgan fingerprint density at radius 2 is 2.05 bits per heavy atom. The third-order valence-corrected chi connectivity index (χ3v) is 4.48. The van der Waals surface area contributed by atoms with Crippen molar-refractivity contribution in [3.8, 4) is 12.3 Å². The van der Waals surface area contributed by atoms with Crippen molar-refractivity contribution in [1.82, 2.24) is 4.72 Å². The molecule has 20 heavy (non-hydrogen) atoms. The van der Waals surface area contributed by atoms with Crippen molar-refractivity contribution in [2.75, 3.05) is 0 Å². The van der Waals surface area contributed by atoms with Gasteiger partial charge in [-0.2, -0.15) is 4.72 Å². The zero-order chi connectivity index (χ0) is 15.5. The molecule has 1 aromatic carbocycles. The molecule has 0 aromatic heterocycles. The normalized spacial score (nSPS) is 12.7. The molecule has 0 saturated carbocycles. The fourth-order valence-electron chi connectivity index (χ4n) is 1.64. The summed E-state index contributed by atoms with van der Waals surface area (Å²) in [6.45, 7) is 4.95. The minimum absolute atomic E-state index is 0.152. The highest BCUT2D eigenvalue weighted by atomic mass is 32.2. The summed E-state index contributed by atoms with van der Waals surface area (Å²) < 4.78 is 26.7. The summed E-state index contributed by atoms with van der Waals surface area (Å²) in [5.74, 6) is 2.32. The van der Waals surface area contributed by atoms with Crippen LogP contribution in [0.2, 0.25) is 0 Å². The molecule has 0 aliphatic heterocycles. The molecule has 1 N–H and O–H groups in total. The number of benzene rings is 1. The highest BCUT2D eigenvalue weighted by molar-refractivity contribution is 7.89. The average Bonchev–Trinajstić information content (AvgIpc) is 2.38. The zero-order valence-corrected chi connectivity index (χ0v) is 12.3. The average molecular weight is 296 g/mol. The van der Waals surface area contributed by atoms with Crippen molar-refractivity contribution in [3.05, 3.63) is 33.4 Å². The Bertz CT molecular complexity index is 674. The van der Waals surface area contributed by atoms with Crippen LogP contribution in [-0.2, 0) is 10.0 Å². The van der Waals surface area contributed by atoms with Gasteiger partial charge < -0.3 is 0 Å². The Balaban J connectivity index is 3.34. The second-order valence-electron chi connectivity index (χ2n) is 4.39. The lowest BCUT2D eigenvalue weighted by Crippen LogP contribution is -2.33. The minimum atomic E-state index is -3.88. The number of terminal acetylenes is 1. The van der Waals surface area contributed by atoms with Gasteiger partial charge in [-0.25, -0.2) is 8.42 Å². The monoisotopic (exact) mass is 296 g/mol. The molecule has 0 bridgehead atoms.